The summed E-state index contributed by atoms with van der Waals surface area (Å²) in [7, 11) is 1.57. The van der Waals surface area contributed by atoms with Gasteiger partial charge < -0.3 is 15.8 Å². The van der Waals surface area contributed by atoms with Crippen LogP contribution in [-0.4, -0.2) is 13.0 Å². The molecule has 0 radical (unpaired) electrons. The van der Waals surface area contributed by atoms with E-state index in [2.05, 4.69) is 5.32 Å². The molecule has 2 aromatic rings. The highest BCUT2D eigenvalue weighted by Crippen LogP contribution is 2.25. The first-order chi connectivity index (χ1) is 9.11. The minimum atomic E-state index is -0.182. The van der Waals surface area contributed by atoms with Crippen molar-refractivity contribution in [3.8, 4) is 5.75 Å². The maximum Gasteiger partial charge on any atom is 0.255 e. The van der Waals surface area contributed by atoms with Gasteiger partial charge in [-0.05, 0) is 30.7 Å². The van der Waals surface area contributed by atoms with Crippen LogP contribution >= 0.6 is 0 Å². The molecule has 2 rings (SSSR count). The van der Waals surface area contributed by atoms with E-state index in [4.69, 9.17) is 10.5 Å². The molecule has 0 saturated heterocycles. The third kappa shape index (κ3) is 2.85. The van der Waals surface area contributed by atoms with Gasteiger partial charge in [-0.15, -0.1) is 0 Å². The number of hydrogen-bond acceptors (Lipinski definition) is 3. The van der Waals surface area contributed by atoms with Crippen molar-refractivity contribution in [2.45, 2.75) is 6.92 Å². The van der Waals surface area contributed by atoms with Crippen molar-refractivity contribution in [2.75, 3.05) is 18.2 Å². The standard InChI is InChI=1S/C15H16N2O2/c1-10-5-3-4-6-12(10)15(18)17-14-9-11(19-2)7-8-13(14)16/h3-9H,16H2,1-2H3,(H,17,18). The molecule has 0 aromatic heterocycles. The second-order valence-electron chi connectivity index (χ2n) is 4.22. The van der Waals surface area contributed by atoms with Crippen molar-refractivity contribution in [1.82, 2.24) is 0 Å². The second kappa shape index (κ2) is 5.44. The minimum Gasteiger partial charge on any atom is -0.497 e. The summed E-state index contributed by atoms with van der Waals surface area (Å²) in [6.07, 6.45) is 0. The number of nitrogens with one attached hydrogen (secondary N) is 1. The first-order valence-electron chi connectivity index (χ1n) is 5.92. The summed E-state index contributed by atoms with van der Waals surface area (Å²) in [5.74, 6) is 0.465. The Morgan fingerprint density at radius 2 is 1.95 bits per heavy atom. The zero-order valence-electron chi connectivity index (χ0n) is 10.9. The largest absolute Gasteiger partial charge is 0.497 e. The highest BCUT2D eigenvalue weighted by molar-refractivity contribution is 6.06. The third-order valence-corrected chi connectivity index (χ3v) is 2.90. The van der Waals surface area contributed by atoms with Gasteiger partial charge in [0, 0.05) is 11.6 Å². The molecule has 0 aliphatic rings. The molecule has 0 bridgehead atoms. The van der Waals surface area contributed by atoms with Crippen molar-refractivity contribution < 1.29 is 9.53 Å². The lowest BCUT2D eigenvalue weighted by Crippen LogP contribution is -2.14. The average molecular weight is 256 g/mol. The fourth-order valence-corrected chi connectivity index (χ4v) is 1.79. The van der Waals surface area contributed by atoms with Crippen molar-refractivity contribution in [3.05, 3.63) is 53.6 Å². The molecular formula is C15H16N2O2. The van der Waals surface area contributed by atoms with Crippen LogP contribution in [-0.2, 0) is 0 Å². The maximum atomic E-state index is 12.2. The van der Waals surface area contributed by atoms with Crippen molar-refractivity contribution in [2.24, 2.45) is 0 Å². The van der Waals surface area contributed by atoms with Crippen LogP contribution < -0.4 is 15.8 Å². The first kappa shape index (κ1) is 13.0. The Hall–Kier alpha value is -2.49. The SMILES string of the molecule is COc1ccc(N)c(NC(=O)c2ccccc2C)c1. The predicted octanol–water partition coefficient (Wildman–Crippen LogP) is 2.84. The number of methoxy groups -OCH3 is 1. The van der Waals surface area contributed by atoms with E-state index >= 15 is 0 Å². The van der Waals surface area contributed by atoms with Crippen LogP contribution in [0.3, 0.4) is 0 Å². The van der Waals surface area contributed by atoms with Gasteiger partial charge in [0.1, 0.15) is 5.75 Å². The van der Waals surface area contributed by atoms with E-state index in [0.29, 0.717) is 22.7 Å². The molecule has 0 fully saturated rings. The molecule has 4 heteroatoms. The summed E-state index contributed by atoms with van der Waals surface area (Å²) < 4.78 is 5.11. The van der Waals surface area contributed by atoms with Gasteiger partial charge in [0.2, 0.25) is 0 Å². The van der Waals surface area contributed by atoms with Crippen LogP contribution in [0.15, 0.2) is 42.5 Å². The van der Waals surface area contributed by atoms with Crippen molar-refractivity contribution in [3.63, 3.8) is 0 Å². The molecule has 19 heavy (non-hydrogen) atoms. The maximum absolute atomic E-state index is 12.2. The average Bonchev–Trinajstić information content (AvgIpc) is 2.41. The molecule has 3 N–H and O–H groups in total. The normalized spacial score (nSPS) is 10.0. The first-order valence-corrected chi connectivity index (χ1v) is 5.92. The summed E-state index contributed by atoms with van der Waals surface area (Å²) in [5, 5.41) is 2.80. The number of nitrogens with two attached hydrogens (primary N) is 1. The van der Waals surface area contributed by atoms with E-state index < -0.39 is 0 Å². The van der Waals surface area contributed by atoms with Crippen LogP contribution in [0.1, 0.15) is 15.9 Å². The lowest BCUT2D eigenvalue weighted by atomic mass is 10.1. The van der Waals surface area contributed by atoms with E-state index in [0.717, 1.165) is 5.56 Å². The van der Waals surface area contributed by atoms with E-state index in [-0.39, 0.29) is 5.91 Å². The molecule has 2 aromatic carbocycles. The topological polar surface area (TPSA) is 64.3 Å². The Balaban J connectivity index is 2.26. The van der Waals surface area contributed by atoms with Crippen LogP contribution in [0.4, 0.5) is 11.4 Å². The van der Waals surface area contributed by atoms with Crippen LogP contribution in [0.5, 0.6) is 5.75 Å². The van der Waals surface area contributed by atoms with Gasteiger partial charge in [0.15, 0.2) is 0 Å². The summed E-state index contributed by atoms with van der Waals surface area (Å²) in [4.78, 5) is 12.2. The van der Waals surface area contributed by atoms with Gasteiger partial charge in [0.25, 0.3) is 5.91 Å². The second-order valence-corrected chi connectivity index (χ2v) is 4.22. The summed E-state index contributed by atoms with van der Waals surface area (Å²) >= 11 is 0. The Kier molecular flexibility index (Phi) is 3.71. The molecule has 0 aliphatic heterocycles. The fraction of sp³-hybridized carbons (Fsp3) is 0.133. The summed E-state index contributed by atoms with van der Waals surface area (Å²) in [6, 6.07) is 12.5. The minimum absolute atomic E-state index is 0.182. The van der Waals surface area contributed by atoms with E-state index in [1.807, 2.05) is 25.1 Å². The number of nitrogen functional groups attached to an aromatic ring is 1. The van der Waals surface area contributed by atoms with E-state index in [9.17, 15) is 4.79 Å². The van der Waals surface area contributed by atoms with Crippen LogP contribution in [0, 0.1) is 6.92 Å². The van der Waals surface area contributed by atoms with Crippen molar-refractivity contribution >= 4 is 17.3 Å². The number of ether oxygens (including phenoxy) is 1. The van der Waals surface area contributed by atoms with Gasteiger partial charge in [0.05, 0.1) is 18.5 Å². The monoisotopic (exact) mass is 256 g/mol. The van der Waals surface area contributed by atoms with Gasteiger partial charge in [-0.25, -0.2) is 0 Å². The predicted molar refractivity (Wildman–Crippen MR) is 76.5 cm³/mol. The number of carbonyl (C=O) groups excluding carboxylic acids is 1. The Labute approximate surface area is 112 Å². The lowest BCUT2D eigenvalue weighted by molar-refractivity contribution is 0.102. The zero-order valence-corrected chi connectivity index (χ0v) is 10.9. The fourth-order valence-electron chi connectivity index (χ4n) is 1.79. The molecule has 4 nitrogen and oxygen atoms in total. The van der Waals surface area contributed by atoms with E-state index in [1.165, 1.54) is 0 Å². The lowest BCUT2D eigenvalue weighted by Gasteiger charge is -2.11. The summed E-state index contributed by atoms with van der Waals surface area (Å²) in [6.45, 7) is 1.89. The van der Waals surface area contributed by atoms with Gasteiger partial charge in [-0.2, -0.15) is 0 Å². The van der Waals surface area contributed by atoms with Crippen LogP contribution in [0.25, 0.3) is 0 Å². The molecule has 1 amide bonds. The summed E-state index contributed by atoms with van der Waals surface area (Å²) in [5.41, 5.74) is 8.44. The molecule has 0 saturated carbocycles. The van der Waals surface area contributed by atoms with Crippen LogP contribution in [0.2, 0.25) is 0 Å². The molecule has 0 spiro atoms. The number of carbonyl (C=O) groups is 1. The number of amides is 1. The van der Waals surface area contributed by atoms with Gasteiger partial charge >= 0.3 is 0 Å². The molecule has 98 valence electrons. The molecular weight excluding hydrogens is 240 g/mol. The Bertz CT molecular complexity index is 609. The molecule has 0 aliphatic carbocycles. The Morgan fingerprint density at radius 1 is 1.21 bits per heavy atom. The third-order valence-electron chi connectivity index (χ3n) is 2.90. The van der Waals surface area contributed by atoms with Crippen molar-refractivity contribution in [1.29, 1.82) is 0 Å². The Morgan fingerprint density at radius 3 is 2.63 bits per heavy atom. The molecule has 0 atom stereocenters. The zero-order chi connectivity index (χ0) is 13.8. The number of rotatable bonds is 3. The highest BCUT2D eigenvalue weighted by atomic mass is 16.5. The molecule has 0 unspecified atom stereocenters. The quantitative estimate of drug-likeness (QED) is 0.830. The molecule has 0 heterocycles. The number of anilines is 2. The van der Waals surface area contributed by atoms with E-state index in [1.54, 1.807) is 31.4 Å². The smallest absolute Gasteiger partial charge is 0.255 e. The number of benzene rings is 2. The van der Waals surface area contributed by atoms with Gasteiger partial charge in [-0.3, -0.25) is 4.79 Å². The number of hydrogen-bond donors (Lipinski definition) is 2. The highest BCUT2D eigenvalue weighted by Gasteiger charge is 2.10. The number of aryl methyl sites for hydroxylation is 1. The van der Waals surface area contributed by atoms with Gasteiger partial charge in [-0.1, -0.05) is 18.2 Å².